The van der Waals surface area contributed by atoms with Gasteiger partial charge in [0.2, 0.25) is 0 Å². The maximum Gasteiger partial charge on any atom is 0.123 e. The normalized spacial score (nSPS) is 29.8. The third-order valence-electron chi connectivity index (χ3n) is 2.62. The van der Waals surface area contributed by atoms with Gasteiger partial charge in [0.1, 0.15) is 6.29 Å². The van der Waals surface area contributed by atoms with Crippen LogP contribution in [0.5, 0.6) is 0 Å². The average molecular weight is 155 g/mol. The van der Waals surface area contributed by atoms with E-state index < -0.39 is 0 Å². The minimum atomic E-state index is 0.248. The predicted octanol–water partition coefficient (Wildman–Crippen LogP) is 1.16. The molecular weight excluding hydrogens is 138 g/mol. The van der Waals surface area contributed by atoms with E-state index in [1.165, 1.54) is 19.4 Å². The fourth-order valence-electron chi connectivity index (χ4n) is 1.75. The summed E-state index contributed by atoms with van der Waals surface area (Å²) >= 11 is 0. The van der Waals surface area contributed by atoms with E-state index in [0.717, 1.165) is 12.8 Å². The third kappa shape index (κ3) is 2.29. The first kappa shape index (κ1) is 8.72. The molecule has 64 valence electrons. The molecule has 2 unspecified atom stereocenters. The van der Waals surface area contributed by atoms with Crippen LogP contribution in [0.4, 0.5) is 0 Å². The number of hydrogen-bond donors (Lipinski definition) is 0. The van der Waals surface area contributed by atoms with Gasteiger partial charge >= 0.3 is 0 Å². The van der Waals surface area contributed by atoms with Gasteiger partial charge in [0.15, 0.2) is 0 Å². The lowest BCUT2D eigenvalue weighted by Crippen LogP contribution is -2.35. The van der Waals surface area contributed by atoms with E-state index in [2.05, 4.69) is 11.9 Å². The van der Waals surface area contributed by atoms with Gasteiger partial charge in [-0.1, -0.05) is 6.92 Å². The van der Waals surface area contributed by atoms with Gasteiger partial charge in [0, 0.05) is 12.5 Å². The molecule has 1 aliphatic heterocycles. The molecule has 2 atom stereocenters. The fourth-order valence-corrected chi connectivity index (χ4v) is 1.75. The van der Waals surface area contributed by atoms with E-state index in [1.54, 1.807) is 0 Å². The summed E-state index contributed by atoms with van der Waals surface area (Å²) in [6.45, 7) is 4.32. The highest BCUT2D eigenvalue weighted by Gasteiger charge is 2.21. The summed E-state index contributed by atoms with van der Waals surface area (Å²) in [5, 5.41) is 0. The van der Waals surface area contributed by atoms with Crippen molar-refractivity contribution in [3.63, 3.8) is 0 Å². The van der Waals surface area contributed by atoms with Gasteiger partial charge in [0.25, 0.3) is 0 Å². The number of aldehydes is 1. The summed E-state index contributed by atoms with van der Waals surface area (Å²) in [7, 11) is 2.13. The fraction of sp³-hybridized carbons (Fsp3) is 0.889. The second-order valence-corrected chi connectivity index (χ2v) is 3.66. The molecule has 2 heteroatoms. The monoisotopic (exact) mass is 155 g/mol. The van der Waals surface area contributed by atoms with Crippen molar-refractivity contribution < 1.29 is 4.79 Å². The van der Waals surface area contributed by atoms with Crippen LogP contribution in [0, 0.1) is 11.8 Å². The van der Waals surface area contributed by atoms with Gasteiger partial charge in [0.05, 0.1) is 0 Å². The lowest BCUT2D eigenvalue weighted by atomic mass is 9.88. The molecule has 0 saturated carbocycles. The van der Waals surface area contributed by atoms with Crippen LogP contribution < -0.4 is 0 Å². The smallest absolute Gasteiger partial charge is 0.123 e. The minimum Gasteiger partial charge on any atom is -0.306 e. The molecule has 0 aromatic rings. The molecule has 0 radical (unpaired) electrons. The molecule has 1 heterocycles. The Bertz CT molecular complexity index is 136. The van der Waals surface area contributed by atoms with E-state index in [9.17, 15) is 4.79 Å². The van der Waals surface area contributed by atoms with Crippen LogP contribution in [0.3, 0.4) is 0 Å². The van der Waals surface area contributed by atoms with Crippen molar-refractivity contribution in [1.29, 1.82) is 0 Å². The zero-order valence-corrected chi connectivity index (χ0v) is 7.42. The summed E-state index contributed by atoms with van der Waals surface area (Å²) in [5.41, 5.74) is 0. The summed E-state index contributed by atoms with van der Waals surface area (Å²) in [6.07, 6.45) is 3.56. The van der Waals surface area contributed by atoms with Gasteiger partial charge in [-0.3, -0.25) is 0 Å². The van der Waals surface area contributed by atoms with Gasteiger partial charge in [-0.05, 0) is 32.4 Å². The zero-order valence-electron chi connectivity index (χ0n) is 7.42. The van der Waals surface area contributed by atoms with E-state index in [4.69, 9.17) is 0 Å². The molecule has 0 spiro atoms. The number of likely N-dealkylation sites (tertiary alicyclic amines) is 1. The van der Waals surface area contributed by atoms with Crippen molar-refractivity contribution in [2.24, 2.45) is 11.8 Å². The third-order valence-corrected chi connectivity index (χ3v) is 2.62. The molecule has 0 bridgehead atoms. The SMILES string of the molecule is CC(C=O)C1CCCN(C)C1. The second-order valence-electron chi connectivity index (χ2n) is 3.66. The Morgan fingerprint density at radius 1 is 1.64 bits per heavy atom. The first-order valence-electron chi connectivity index (χ1n) is 4.38. The number of piperidine rings is 1. The molecule has 1 saturated heterocycles. The van der Waals surface area contributed by atoms with Crippen LogP contribution in [0.25, 0.3) is 0 Å². The van der Waals surface area contributed by atoms with Crippen LogP contribution >= 0.6 is 0 Å². The first-order valence-corrected chi connectivity index (χ1v) is 4.38. The summed E-state index contributed by atoms with van der Waals surface area (Å²) in [5.74, 6) is 0.851. The largest absolute Gasteiger partial charge is 0.306 e. The lowest BCUT2D eigenvalue weighted by Gasteiger charge is -2.31. The molecule has 11 heavy (non-hydrogen) atoms. The second kappa shape index (κ2) is 3.86. The standard InChI is InChI=1S/C9H17NO/c1-8(7-11)9-4-3-5-10(2)6-9/h7-9H,3-6H2,1-2H3. The number of carbonyl (C=O) groups excluding carboxylic acids is 1. The Hall–Kier alpha value is -0.370. The molecule has 1 fully saturated rings. The van der Waals surface area contributed by atoms with Crippen LogP contribution in [0.1, 0.15) is 19.8 Å². The topological polar surface area (TPSA) is 20.3 Å². The molecular formula is C9H17NO. The highest BCUT2D eigenvalue weighted by Crippen LogP contribution is 2.21. The van der Waals surface area contributed by atoms with Gasteiger partial charge in [-0.2, -0.15) is 0 Å². The van der Waals surface area contributed by atoms with Crippen LogP contribution in [-0.4, -0.2) is 31.3 Å². The Morgan fingerprint density at radius 2 is 2.36 bits per heavy atom. The zero-order chi connectivity index (χ0) is 8.27. The molecule has 0 aromatic carbocycles. The van der Waals surface area contributed by atoms with Crippen molar-refractivity contribution in [3.05, 3.63) is 0 Å². The highest BCUT2D eigenvalue weighted by atomic mass is 16.1. The van der Waals surface area contributed by atoms with E-state index in [1.807, 2.05) is 6.92 Å². The van der Waals surface area contributed by atoms with Crippen molar-refractivity contribution in [3.8, 4) is 0 Å². The quantitative estimate of drug-likeness (QED) is 0.558. The molecule has 1 rings (SSSR count). The Balaban J connectivity index is 2.38. The summed E-state index contributed by atoms with van der Waals surface area (Å²) < 4.78 is 0. The molecule has 1 aliphatic rings. The van der Waals surface area contributed by atoms with Gasteiger partial charge in [-0.15, -0.1) is 0 Å². The maximum absolute atomic E-state index is 10.5. The lowest BCUT2D eigenvalue weighted by molar-refractivity contribution is -0.112. The highest BCUT2D eigenvalue weighted by molar-refractivity contribution is 5.53. The van der Waals surface area contributed by atoms with Crippen molar-refractivity contribution in [1.82, 2.24) is 4.90 Å². The van der Waals surface area contributed by atoms with Gasteiger partial charge in [-0.25, -0.2) is 0 Å². The summed E-state index contributed by atoms with van der Waals surface area (Å²) in [6, 6.07) is 0. The Labute approximate surface area is 68.6 Å². The Kier molecular flexibility index (Phi) is 3.06. The predicted molar refractivity (Wildman–Crippen MR) is 45.4 cm³/mol. The molecule has 0 N–H and O–H groups in total. The number of hydrogen-bond acceptors (Lipinski definition) is 2. The van der Waals surface area contributed by atoms with E-state index in [0.29, 0.717) is 5.92 Å². The summed E-state index contributed by atoms with van der Waals surface area (Å²) in [4.78, 5) is 12.8. The maximum atomic E-state index is 10.5. The molecule has 2 nitrogen and oxygen atoms in total. The Morgan fingerprint density at radius 3 is 2.91 bits per heavy atom. The van der Waals surface area contributed by atoms with Crippen LogP contribution in [0.15, 0.2) is 0 Å². The van der Waals surface area contributed by atoms with Crippen molar-refractivity contribution >= 4 is 6.29 Å². The van der Waals surface area contributed by atoms with E-state index >= 15 is 0 Å². The van der Waals surface area contributed by atoms with E-state index in [-0.39, 0.29) is 5.92 Å². The average Bonchev–Trinajstić information content (AvgIpc) is 2.03. The van der Waals surface area contributed by atoms with Crippen molar-refractivity contribution in [2.45, 2.75) is 19.8 Å². The number of nitrogens with zero attached hydrogens (tertiary/aromatic N) is 1. The van der Waals surface area contributed by atoms with Gasteiger partial charge < -0.3 is 9.69 Å². The molecule has 0 aromatic heterocycles. The van der Waals surface area contributed by atoms with Crippen LogP contribution in [0.2, 0.25) is 0 Å². The molecule has 0 amide bonds. The number of rotatable bonds is 2. The minimum absolute atomic E-state index is 0.248. The first-order chi connectivity index (χ1) is 5.24. The van der Waals surface area contributed by atoms with Crippen LogP contribution in [-0.2, 0) is 4.79 Å². The molecule has 0 aliphatic carbocycles. The van der Waals surface area contributed by atoms with Crippen molar-refractivity contribution in [2.75, 3.05) is 20.1 Å². The number of carbonyl (C=O) groups is 1.